The number of imidazole rings is 1. The van der Waals surface area contributed by atoms with E-state index in [4.69, 9.17) is 0 Å². The Labute approximate surface area is 120 Å². The minimum Gasteiger partial charge on any atom is -0.349 e. The van der Waals surface area contributed by atoms with Gasteiger partial charge in [-0.05, 0) is 11.4 Å². The summed E-state index contributed by atoms with van der Waals surface area (Å²) in [6.45, 7) is 1.80. The summed E-state index contributed by atoms with van der Waals surface area (Å²) < 4.78 is 0. The van der Waals surface area contributed by atoms with E-state index >= 15 is 0 Å². The van der Waals surface area contributed by atoms with Crippen molar-refractivity contribution in [3.8, 4) is 0 Å². The van der Waals surface area contributed by atoms with Crippen molar-refractivity contribution in [2.45, 2.75) is 25.9 Å². The van der Waals surface area contributed by atoms with Gasteiger partial charge in [0.05, 0.1) is 19.0 Å². The van der Waals surface area contributed by atoms with E-state index in [0.717, 1.165) is 4.88 Å². The first-order chi connectivity index (χ1) is 9.65. The molecular formula is C13H16N4O2S. The molecule has 0 aliphatic carbocycles. The molecule has 2 aromatic heterocycles. The summed E-state index contributed by atoms with van der Waals surface area (Å²) in [7, 11) is 0. The van der Waals surface area contributed by atoms with Crippen LogP contribution in [0.3, 0.4) is 0 Å². The molecule has 0 saturated heterocycles. The number of carbonyl (C=O) groups excluding carboxylic acids is 2. The van der Waals surface area contributed by atoms with Crippen LogP contribution >= 0.6 is 11.3 Å². The van der Waals surface area contributed by atoms with E-state index in [0.29, 0.717) is 12.4 Å². The summed E-state index contributed by atoms with van der Waals surface area (Å²) in [6.07, 6.45) is 3.54. The summed E-state index contributed by atoms with van der Waals surface area (Å²) in [5, 5.41) is 7.49. The maximum Gasteiger partial charge on any atom is 0.222 e. The monoisotopic (exact) mass is 292 g/mol. The zero-order valence-electron chi connectivity index (χ0n) is 11.1. The number of hydrogen-bond acceptors (Lipinski definition) is 4. The standard InChI is InChI=1S/C13H16N4O2S/c1-9(18)17-10(11-3-2-6-20-11)7-13(19)16-8-12-14-4-5-15-12/h2-6,10H,7-8H2,1H3,(H,14,15)(H,16,19)(H,17,18). The van der Waals surface area contributed by atoms with E-state index in [9.17, 15) is 9.59 Å². The molecule has 20 heavy (non-hydrogen) atoms. The highest BCUT2D eigenvalue weighted by atomic mass is 32.1. The molecule has 106 valence electrons. The number of nitrogens with zero attached hydrogens (tertiary/aromatic N) is 1. The first-order valence-electron chi connectivity index (χ1n) is 6.20. The number of aromatic nitrogens is 2. The average Bonchev–Trinajstić information content (AvgIpc) is 3.08. The third-order valence-corrected chi connectivity index (χ3v) is 3.65. The first kappa shape index (κ1) is 14.3. The molecule has 0 aromatic carbocycles. The quantitative estimate of drug-likeness (QED) is 0.751. The Bertz CT molecular complexity index is 551. The van der Waals surface area contributed by atoms with E-state index in [1.807, 2.05) is 17.5 Å². The molecule has 2 heterocycles. The minimum atomic E-state index is -0.288. The molecule has 0 radical (unpaired) electrons. The lowest BCUT2D eigenvalue weighted by atomic mass is 10.1. The van der Waals surface area contributed by atoms with E-state index in [-0.39, 0.29) is 24.3 Å². The summed E-state index contributed by atoms with van der Waals surface area (Å²) >= 11 is 1.52. The van der Waals surface area contributed by atoms with Crippen molar-refractivity contribution in [2.24, 2.45) is 0 Å². The van der Waals surface area contributed by atoms with Gasteiger partial charge in [0, 0.05) is 24.2 Å². The molecule has 2 amide bonds. The van der Waals surface area contributed by atoms with Crippen LogP contribution in [0.2, 0.25) is 0 Å². The van der Waals surface area contributed by atoms with Gasteiger partial charge in [-0.1, -0.05) is 6.07 Å². The first-order valence-corrected chi connectivity index (χ1v) is 7.08. The number of aromatic amines is 1. The van der Waals surface area contributed by atoms with Crippen molar-refractivity contribution in [3.05, 3.63) is 40.6 Å². The van der Waals surface area contributed by atoms with E-state index in [1.165, 1.54) is 18.3 Å². The van der Waals surface area contributed by atoms with Gasteiger partial charge >= 0.3 is 0 Å². The van der Waals surface area contributed by atoms with Crippen LogP contribution in [0.1, 0.15) is 30.1 Å². The second kappa shape index (κ2) is 6.85. The Morgan fingerprint density at radius 3 is 2.95 bits per heavy atom. The highest BCUT2D eigenvalue weighted by molar-refractivity contribution is 7.10. The van der Waals surface area contributed by atoms with Gasteiger partial charge < -0.3 is 15.6 Å². The number of carbonyl (C=O) groups is 2. The van der Waals surface area contributed by atoms with Crippen molar-refractivity contribution in [3.63, 3.8) is 0 Å². The maximum atomic E-state index is 11.9. The summed E-state index contributed by atoms with van der Waals surface area (Å²) in [6, 6.07) is 3.52. The third-order valence-electron chi connectivity index (χ3n) is 2.66. The van der Waals surface area contributed by atoms with Crippen molar-refractivity contribution in [1.82, 2.24) is 20.6 Å². The van der Waals surface area contributed by atoms with Gasteiger partial charge in [0.25, 0.3) is 0 Å². The van der Waals surface area contributed by atoms with Gasteiger partial charge in [-0.3, -0.25) is 9.59 Å². The SMILES string of the molecule is CC(=O)NC(CC(=O)NCc1ncc[nH]1)c1cccs1. The van der Waals surface area contributed by atoms with Gasteiger partial charge in [-0.2, -0.15) is 0 Å². The average molecular weight is 292 g/mol. The minimum absolute atomic E-state index is 0.131. The molecule has 6 nitrogen and oxygen atoms in total. The van der Waals surface area contributed by atoms with E-state index < -0.39 is 0 Å². The van der Waals surface area contributed by atoms with Gasteiger partial charge in [-0.25, -0.2) is 4.98 Å². The largest absolute Gasteiger partial charge is 0.349 e. The van der Waals surface area contributed by atoms with Crippen LogP contribution in [-0.2, 0) is 16.1 Å². The fourth-order valence-corrected chi connectivity index (χ4v) is 2.57. The topological polar surface area (TPSA) is 86.9 Å². The maximum absolute atomic E-state index is 11.9. The summed E-state index contributed by atoms with van der Waals surface area (Å²) in [5.74, 6) is 0.418. The fourth-order valence-electron chi connectivity index (χ4n) is 1.79. The van der Waals surface area contributed by atoms with Crippen LogP contribution in [0, 0.1) is 0 Å². The second-order valence-electron chi connectivity index (χ2n) is 4.29. The number of H-pyrrole nitrogens is 1. The molecule has 0 aliphatic rings. The second-order valence-corrected chi connectivity index (χ2v) is 5.26. The number of nitrogens with one attached hydrogen (secondary N) is 3. The zero-order chi connectivity index (χ0) is 14.4. The molecule has 2 aromatic rings. The lowest BCUT2D eigenvalue weighted by Crippen LogP contribution is -2.32. The summed E-state index contributed by atoms with van der Waals surface area (Å²) in [5.41, 5.74) is 0. The van der Waals surface area contributed by atoms with Crippen molar-refractivity contribution in [1.29, 1.82) is 0 Å². The van der Waals surface area contributed by atoms with Crippen LogP contribution < -0.4 is 10.6 Å². The molecule has 0 aliphatic heterocycles. The molecule has 3 N–H and O–H groups in total. The third kappa shape index (κ3) is 4.20. The van der Waals surface area contributed by atoms with Crippen LogP contribution in [0.5, 0.6) is 0 Å². The van der Waals surface area contributed by atoms with Crippen LogP contribution in [-0.4, -0.2) is 21.8 Å². The van der Waals surface area contributed by atoms with Crippen molar-refractivity contribution < 1.29 is 9.59 Å². The lowest BCUT2D eigenvalue weighted by Gasteiger charge is -2.16. The van der Waals surface area contributed by atoms with Crippen LogP contribution in [0.15, 0.2) is 29.9 Å². The molecule has 7 heteroatoms. The molecule has 0 saturated carbocycles. The summed E-state index contributed by atoms with van der Waals surface area (Å²) in [4.78, 5) is 31.1. The fraction of sp³-hybridized carbons (Fsp3) is 0.308. The van der Waals surface area contributed by atoms with Crippen LogP contribution in [0.25, 0.3) is 0 Å². The highest BCUT2D eigenvalue weighted by Crippen LogP contribution is 2.21. The predicted molar refractivity (Wildman–Crippen MR) is 75.9 cm³/mol. The Morgan fingerprint density at radius 1 is 1.50 bits per heavy atom. The zero-order valence-corrected chi connectivity index (χ0v) is 11.9. The molecular weight excluding hydrogens is 276 g/mol. The molecule has 0 bridgehead atoms. The Morgan fingerprint density at radius 2 is 2.35 bits per heavy atom. The number of thiophene rings is 1. The number of hydrogen-bond donors (Lipinski definition) is 3. The van der Waals surface area contributed by atoms with Gasteiger partial charge in [0.2, 0.25) is 11.8 Å². The molecule has 0 spiro atoms. The van der Waals surface area contributed by atoms with Gasteiger partial charge in [0.1, 0.15) is 5.82 Å². The van der Waals surface area contributed by atoms with Gasteiger partial charge in [0.15, 0.2) is 0 Å². The van der Waals surface area contributed by atoms with E-state index in [2.05, 4.69) is 20.6 Å². The predicted octanol–water partition coefficient (Wildman–Crippen LogP) is 1.35. The van der Waals surface area contributed by atoms with Gasteiger partial charge in [-0.15, -0.1) is 11.3 Å². The Kier molecular flexibility index (Phi) is 4.89. The molecule has 0 fully saturated rings. The molecule has 2 rings (SSSR count). The normalized spacial score (nSPS) is 11.8. The van der Waals surface area contributed by atoms with E-state index in [1.54, 1.807) is 12.4 Å². The smallest absolute Gasteiger partial charge is 0.222 e. The number of amides is 2. The lowest BCUT2D eigenvalue weighted by molar-refractivity contribution is -0.122. The molecule has 1 atom stereocenters. The van der Waals surface area contributed by atoms with Crippen molar-refractivity contribution >= 4 is 23.2 Å². The highest BCUT2D eigenvalue weighted by Gasteiger charge is 2.17. The number of rotatable bonds is 6. The van der Waals surface area contributed by atoms with Crippen molar-refractivity contribution in [2.75, 3.05) is 0 Å². The Hall–Kier alpha value is -2.15. The molecule has 1 unspecified atom stereocenters. The van der Waals surface area contributed by atoms with Crippen LogP contribution in [0.4, 0.5) is 0 Å². The Balaban J connectivity index is 1.90.